The largest absolute Gasteiger partial charge is 0.444 e. The molecule has 0 radical (unpaired) electrons. The number of alkyl carbamates (subject to hydrolysis) is 1. The minimum absolute atomic E-state index is 0.109. The Labute approximate surface area is 149 Å². The zero-order valence-electron chi connectivity index (χ0n) is 15.1. The lowest BCUT2D eigenvalue weighted by molar-refractivity contribution is 0.0518. The number of hydrogen-bond acceptors (Lipinski definition) is 3. The van der Waals surface area contributed by atoms with E-state index in [-0.39, 0.29) is 11.8 Å². The fourth-order valence-electron chi connectivity index (χ4n) is 3.57. The van der Waals surface area contributed by atoms with E-state index in [2.05, 4.69) is 53.8 Å². The second-order valence-electron chi connectivity index (χ2n) is 7.53. The first kappa shape index (κ1) is 17.5. The highest BCUT2D eigenvalue weighted by molar-refractivity contribution is 5.79. The summed E-state index contributed by atoms with van der Waals surface area (Å²) in [6.45, 7) is 6.55. The molecule has 4 heteroatoms. The van der Waals surface area contributed by atoms with Crippen molar-refractivity contribution < 1.29 is 9.53 Å². The fraction of sp³-hybridized carbons (Fsp3) is 0.381. The summed E-state index contributed by atoms with van der Waals surface area (Å²) in [5.41, 5.74) is 10.7. The predicted molar refractivity (Wildman–Crippen MR) is 101 cm³/mol. The van der Waals surface area contributed by atoms with Gasteiger partial charge in [0, 0.05) is 12.5 Å². The molecule has 2 aromatic carbocycles. The van der Waals surface area contributed by atoms with Crippen molar-refractivity contribution in [1.82, 2.24) is 5.32 Å². The molecule has 25 heavy (non-hydrogen) atoms. The molecule has 0 aromatic heterocycles. The number of benzene rings is 2. The van der Waals surface area contributed by atoms with Crippen LogP contribution in [-0.2, 0) is 4.74 Å². The quantitative estimate of drug-likeness (QED) is 0.888. The molecule has 0 saturated heterocycles. The third kappa shape index (κ3) is 3.69. The molecule has 0 bridgehead atoms. The van der Waals surface area contributed by atoms with Gasteiger partial charge in [-0.25, -0.2) is 4.79 Å². The molecule has 3 rings (SSSR count). The van der Waals surface area contributed by atoms with Gasteiger partial charge in [-0.2, -0.15) is 0 Å². The fourth-order valence-corrected chi connectivity index (χ4v) is 3.57. The number of hydrogen-bond donors (Lipinski definition) is 2. The number of nitrogens with two attached hydrogens (primary N) is 1. The van der Waals surface area contributed by atoms with Gasteiger partial charge in [0.05, 0.1) is 0 Å². The van der Waals surface area contributed by atoms with Crippen molar-refractivity contribution in [2.75, 3.05) is 13.1 Å². The monoisotopic (exact) mass is 338 g/mol. The van der Waals surface area contributed by atoms with Gasteiger partial charge in [0.2, 0.25) is 0 Å². The van der Waals surface area contributed by atoms with Gasteiger partial charge in [-0.1, -0.05) is 48.5 Å². The maximum absolute atomic E-state index is 12.0. The van der Waals surface area contributed by atoms with Crippen LogP contribution in [-0.4, -0.2) is 24.8 Å². The molecule has 1 aliphatic carbocycles. The van der Waals surface area contributed by atoms with E-state index in [0.717, 1.165) is 0 Å². The van der Waals surface area contributed by atoms with Crippen molar-refractivity contribution in [3.05, 3.63) is 59.7 Å². The molecule has 0 spiro atoms. The van der Waals surface area contributed by atoms with Crippen molar-refractivity contribution in [1.29, 1.82) is 0 Å². The summed E-state index contributed by atoms with van der Waals surface area (Å²) in [7, 11) is 0. The molecular formula is C21H26N2O2. The van der Waals surface area contributed by atoms with Crippen LogP contribution in [0.3, 0.4) is 0 Å². The second kappa shape index (κ2) is 6.89. The van der Waals surface area contributed by atoms with Crippen LogP contribution in [0, 0.1) is 5.92 Å². The highest BCUT2D eigenvalue weighted by Gasteiger charge is 2.33. The third-order valence-corrected chi connectivity index (χ3v) is 4.56. The third-order valence-electron chi connectivity index (χ3n) is 4.56. The van der Waals surface area contributed by atoms with Gasteiger partial charge in [-0.3, -0.25) is 0 Å². The maximum atomic E-state index is 12.0. The summed E-state index contributed by atoms with van der Waals surface area (Å²) in [5, 5.41) is 2.89. The summed E-state index contributed by atoms with van der Waals surface area (Å²) in [5.74, 6) is 0.296. The predicted octanol–water partition coefficient (Wildman–Crippen LogP) is 3.90. The van der Waals surface area contributed by atoms with Crippen LogP contribution >= 0.6 is 0 Å². The Kier molecular flexibility index (Phi) is 4.82. The van der Waals surface area contributed by atoms with Crippen LogP contribution in [0.5, 0.6) is 0 Å². The number of ether oxygens (including phenoxy) is 1. The van der Waals surface area contributed by atoms with Crippen LogP contribution in [0.4, 0.5) is 4.79 Å². The second-order valence-corrected chi connectivity index (χ2v) is 7.53. The van der Waals surface area contributed by atoms with Crippen LogP contribution in [0.2, 0.25) is 0 Å². The summed E-state index contributed by atoms with van der Waals surface area (Å²) >= 11 is 0. The average molecular weight is 338 g/mol. The Hall–Kier alpha value is -2.33. The normalized spacial score (nSPS) is 14.6. The molecule has 1 aliphatic rings. The number of carbonyl (C=O) groups excluding carboxylic acids is 1. The molecule has 0 fully saturated rings. The highest BCUT2D eigenvalue weighted by atomic mass is 16.6. The summed E-state index contributed by atoms with van der Waals surface area (Å²) in [4.78, 5) is 12.0. The van der Waals surface area contributed by atoms with Crippen LogP contribution in [0.1, 0.15) is 37.8 Å². The summed E-state index contributed by atoms with van der Waals surface area (Å²) < 4.78 is 5.34. The minimum Gasteiger partial charge on any atom is -0.444 e. The van der Waals surface area contributed by atoms with Crippen molar-refractivity contribution in [2.24, 2.45) is 11.7 Å². The molecule has 0 saturated carbocycles. The Morgan fingerprint density at radius 3 is 2.08 bits per heavy atom. The van der Waals surface area contributed by atoms with Crippen molar-refractivity contribution in [3.63, 3.8) is 0 Å². The molecule has 0 heterocycles. The Morgan fingerprint density at radius 1 is 1.08 bits per heavy atom. The van der Waals surface area contributed by atoms with Gasteiger partial charge in [0.15, 0.2) is 0 Å². The Balaban J connectivity index is 1.83. The van der Waals surface area contributed by atoms with Crippen LogP contribution in [0.15, 0.2) is 48.5 Å². The van der Waals surface area contributed by atoms with Crippen LogP contribution < -0.4 is 11.1 Å². The van der Waals surface area contributed by atoms with E-state index in [4.69, 9.17) is 10.5 Å². The van der Waals surface area contributed by atoms with E-state index in [9.17, 15) is 4.79 Å². The molecule has 3 N–H and O–H groups in total. The molecule has 1 amide bonds. The lowest BCUT2D eigenvalue weighted by Gasteiger charge is -2.26. The van der Waals surface area contributed by atoms with Crippen molar-refractivity contribution >= 4 is 6.09 Å². The van der Waals surface area contributed by atoms with Gasteiger partial charge in [0.25, 0.3) is 0 Å². The molecule has 1 atom stereocenters. The van der Waals surface area contributed by atoms with Gasteiger partial charge in [-0.15, -0.1) is 0 Å². The standard InChI is InChI=1S/C21H26N2O2/c1-21(2,3)25-20(24)23-13-14(12-22)19-17-10-6-4-8-15(17)16-9-5-7-11-18(16)19/h4-11,14,19H,12-13,22H2,1-3H3,(H,23,24). The van der Waals surface area contributed by atoms with E-state index in [1.54, 1.807) is 0 Å². The Morgan fingerprint density at radius 2 is 1.60 bits per heavy atom. The number of carbonyl (C=O) groups is 1. The van der Waals surface area contributed by atoms with Gasteiger partial charge < -0.3 is 15.8 Å². The minimum atomic E-state index is -0.505. The van der Waals surface area contributed by atoms with E-state index in [1.165, 1.54) is 22.3 Å². The van der Waals surface area contributed by atoms with Gasteiger partial charge in [0.1, 0.15) is 5.60 Å². The number of fused-ring (bicyclic) bond motifs is 3. The SMILES string of the molecule is CC(C)(C)OC(=O)NCC(CN)C1c2ccccc2-c2ccccc21. The molecule has 132 valence electrons. The Bertz CT molecular complexity index is 719. The van der Waals surface area contributed by atoms with Gasteiger partial charge >= 0.3 is 6.09 Å². The van der Waals surface area contributed by atoms with E-state index >= 15 is 0 Å². The first-order valence-corrected chi connectivity index (χ1v) is 8.76. The molecule has 0 aliphatic heterocycles. The average Bonchev–Trinajstić information content (AvgIpc) is 2.89. The molecule has 2 aromatic rings. The first-order chi connectivity index (χ1) is 11.9. The first-order valence-electron chi connectivity index (χ1n) is 8.76. The lowest BCUT2D eigenvalue weighted by Crippen LogP contribution is -2.38. The highest BCUT2D eigenvalue weighted by Crippen LogP contribution is 2.47. The number of rotatable bonds is 4. The van der Waals surface area contributed by atoms with E-state index in [0.29, 0.717) is 13.1 Å². The topological polar surface area (TPSA) is 64.3 Å². The molecular weight excluding hydrogens is 312 g/mol. The van der Waals surface area contributed by atoms with Crippen molar-refractivity contribution in [3.8, 4) is 11.1 Å². The maximum Gasteiger partial charge on any atom is 0.407 e. The summed E-state index contributed by atoms with van der Waals surface area (Å²) in [6, 6.07) is 16.9. The van der Waals surface area contributed by atoms with Gasteiger partial charge in [-0.05, 0) is 55.5 Å². The van der Waals surface area contributed by atoms with E-state index in [1.807, 2.05) is 20.8 Å². The molecule has 1 unspecified atom stereocenters. The molecule has 4 nitrogen and oxygen atoms in total. The number of amides is 1. The zero-order chi connectivity index (χ0) is 18.0. The van der Waals surface area contributed by atoms with E-state index < -0.39 is 11.7 Å². The summed E-state index contributed by atoms with van der Waals surface area (Å²) in [6.07, 6.45) is -0.398. The number of nitrogens with one attached hydrogen (secondary N) is 1. The zero-order valence-corrected chi connectivity index (χ0v) is 15.1. The van der Waals surface area contributed by atoms with Crippen molar-refractivity contribution in [2.45, 2.75) is 32.3 Å². The lowest BCUT2D eigenvalue weighted by atomic mass is 9.84. The smallest absolute Gasteiger partial charge is 0.407 e. The van der Waals surface area contributed by atoms with Crippen LogP contribution in [0.25, 0.3) is 11.1 Å².